The Labute approximate surface area is 135 Å². The van der Waals surface area contributed by atoms with Gasteiger partial charge in [-0.2, -0.15) is 0 Å². The first kappa shape index (κ1) is 21.0. The van der Waals surface area contributed by atoms with Gasteiger partial charge in [0, 0.05) is 0 Å². The standard InChI is InChI=1S/C20H43N/c1-4-7-8-9-10-11-12-13-14-15-16-17-20-21(18-5-2)19-6-3/h4-20H2,1-3H3. The molecule has 0 N–H and O–H groups in total. The van der Waals surface area contributed by atoms with Crippen molar-refractivity contribution in [2.45, 2.75) is 111 Å². The van der Waals surface area contributed by atoms with E-state index in [1.165, 1.54) is 110 Å². The molecule has 0 aliphatic heterocycles. The molecule has 0 saturated heterocycles. The zero-order chi connectivity index (χ0) is 15.6. The van der Waals surface area contributed by atoms with E-state index in [1.54, 1.807) is 0 Å². The zero-order valence-electron chi connectivity index (χ0n) is 15.5. The van der Waals surface area contributed by atoms with Crippen LogP contribution >= 0.6 is 0 Å². The molecule has 0 heterocycles. The Hall–Kier alpha value is -0.0400. The molecule has 0 aliphatic rings. The summed E-state index contributed by atoms with van der Waals surface area (Å²) >= 11 is 0. The Morgan fingerprint density at radius 1 is 0.381 bits per heavy atom. The van der Waals surface area contributed by atoms with Crippen molar-refractivity contribution in [3.8, 4) is 0 Å². The first-order valence-electron chi connectivity index (χ1n) is 10.1. The number of nitrogens with zero attached hydrogens (tertiary/aromatic N) is 1. The summed E-state index contributed by atoms with van der Waals surface area (Å²) in [4.78, 5) is 2.65. The first-order chi connectivity index (χ1) is 10.3. The van der Waals surface area contributed by atoms with Gasteiger partial charge in [-0.25, -0.2) is 0 Å². The van der Waals surface area contributed by atoms with Gasteiger partial charge in [0.25, 0.3) is 0 Å². The minimum Gasteiger partial charge on any atom is -0.303 e. The Kier molecular flexibility index (Phi) is 18.0. The van der Waals surface area contributed by atoms with Crippen molar-refractivity contribution in [1.82, 2.24) is 4.90 Å². The number of rotatable bonds is 17. The van der Waals surface area contributed by atoms with Gasteiger partial charge in [0.2, 0.25) is 0 Å². The fourth-order valence-corrected chi connectivity index (χ4v) is 3.14. The van der Waals surface area contributed by atoms with Crippen LogP contribution in [-0.4, -0.2) is 24.5 Å². The molecule has 0 saturated carbocycles. The molecule has 0 amide bonds. The van der Waals surface area contributed by atoms with Crippen LogP contribution in [0.4, 0.5) is 0 Å². The summed E-state index contributed by atoms with van der Waals surface area (Å²) < 4.78 is 0. The normalized spacial score (nSPS) is 11.4. The van der Waals surface area contributed by atoms with E-state index in [0.29, 0.717) is 0 Å². The van der Waals surface area contributed by atoms with Crippen molar-refractivity contribution in [2.75, 3.05) is 19.6 Å². The Morgan fingerprint density at radius 2 is 0.762 bits per heavy atom. The molecule has 1 heteroatoms. The molecule has 0 bridgehead atoms. The highest BCUT2D eigenvalue weighted by atomic mass is 15.1. The molecule has 0 aliphatic carbocycles. The van der Waals surface area contributed by atoms with Crippen LogP contribution in [0, 0.1) is 0 Å². The SMILES string of the molecule is CCCCCCCCCCCCCCN(CCC)CCC. The molecule has 0 spiro atoms. The topological polar surface area (TPSA) is 3.24 Å². The van der Waals surface area contributed by atoms with Crippen LogP contribution in [0.25, 0.3) is 0 Å². The highest BCUT2D eigenvalue weighted by Gasteiger charge is 2.01. The largest absolute Gasteiger partial charge is 0.303 e. The van der Waals surface area contributed by atoms with Gasteiger partial charge in [0.15, 0.2) is 0 Å². The molecule has 0 unspecified atom stereocenters. The van der Waals surface area contributed by atoms with Crippen molar-refractivity contribution >= 4 is 0 Å². The molecule has 0 fully saturated rings. The summed E-state index contributed by atoms with van der Waals surface area (Å²) in [5, 5.41) is 0. The average molecular weight is 298 g/mol. The summed E-state index contributed by atoms with van der Waals surface area (Å²) in [6.45, 7) is 10.8. The molecule has 1 nitrogen and oxygen atoms in total. The fraction of sp³-hybridized carbons (Fsp3) is 1.00. The second kappa shape index (κ2) is 18.0. The number of unbranched alkanes of at least 4 members (excludes halogenated alkanes) is 11. The molecule has 0 radical (unpaired) electrons. The van der Waals surface area contributed by atoms with Crippen molar-refractivity contribution in [3.63, 3.8) is 0 Å². The van der Waals surface area contributed by atoms with Crippen LogP contribution in [-0.2, 0) is 0 Å². The van der Waals surface area contributed by atoms with Crippen molar-refractivity contribution in [3.05, 3.63) is 0 Å². The molecule has 0 rings (SSSR count). The fourth-order valence-electron chi connectivity index (χ4n) is 3.14. The van der Waals surface area contributed by atoms with Crippen LogP contribution in [0.1, 0.15) is 111 Å². The molecule has 0 aromatic rings. The molecule has 0 atom stereocenters. The van der Waals surface area contributed by atoms with Crippen LogP contribution in [0.5, 0.6) is 0 Å². The molecule has 21 heavy (non-hydrogen) atoms. The van der Waals surface area contributed by atoms with Crippen LogP contribution < -0.4 is 0 Å². The number of hydrogen-bond donors (Lipinski definition) is 0. The first-order valence-corrected chi connectivity index (χ1v) is 10.1. The van der Waals surface area contributed by atoms with E-state index < -0.39 is 0 Å². The lowest BCUT2D eigenvalue weighted by Gasteiger charge is -2.20. The van der Waals surface area contributed by atoms with Crippen LogP contribution in [0.3, 0.4) is 0 Å². The third-order valence-electron chi connectivity index (χ3n) is 4.41. The number of hydrogen-bond acceptors (Lipinski definition) is 1. The lowest BCUT2D eigenvalue weighted by atomic mass is 10.1. The van der Waals surface area contributed by atoms with E-state index in [0.717, 1.165) is 0 Å². The van der Waals surface area contributed by atoms with Crippen molar-refractivity contribution < 1.29 is 0 Å². The van der Waals surface area contributed by atoms with E-state index in [2.05, 4.69) is 25.7 Å². The van der Waals surface area contributed by atoms with Gasteiger partial charge in [-0.3, -0.25) is 0 Å². The van der Waals surface area contributed by atoms with Gasteiger partial charge in [0.1, 0.15) is 0 Å². The van der Waals surface area contributed by atoms with Gasteiger partial charge in [0.05, 0.1) is 0 Å². The van der Waals surface area contributed by atoms with Gasteiger partial charge in [-0.15, -0.1) is 0 Å². The van der Waals surface area contributed by atoms with Crippen LogP contribution in [0.15, 0.2) is 0 Å². The molecular weight excluding hydrogens is 254 g/mol. The minimum absolute atomic E-state index is 1.30. The molecule has 128 valence electrons. The zero-order valence-corrected chi connectivity index (χ0v) is 15.5. The van der Waals surface area contributed by atoms with Crippen molar-refractivity contribution in [2.24, 2.45) is 0 Å². The predicted octanol–water partition coefficient (Wildman–Crippen LogP) is 6.81. The second-order valence-corrected chi connectivity index (χ2v) is 6.73. The highest BCUT2D eigenvalue weighted by molar-refractivity contribution is 4.57. The van der Waals surface area contributed by atoms with Gasteiger partial charge < -0.3 is 4.90 Å². The molecule has 0 aromatic carbocycles. The lowest BCUT2D eigenvalue weighted by Crippen LogP contribution is -2.26. The maximum atomic E-state index is 2.65. The summed E-state index contributed by atoms with van der Waals surface area (Å²) in [6.07, 6.45) is 20.0. The van der Waals surface area contributed by atoms with Gasteiger partial charge in [-0.05, 0) is 38.9 Å². The van der Waals surface area contributed by atoms with E-state index in [9.17, 15) is 0 Å². The molecular formula is C20H43N. The molecule has 0 aromatic heterocycles. The average Bonchev–Trinajstić information content (AvgIpc) is 2.48. The minimum atomic E-state index is 1.30. The lowest BCUT2D eigenvalue weighted by molar-refractivity contribution is 0.267. The van der Waals surface area contributed by atoms with E-state index in [4.69, 9.17) is 0 Å². The third-order valence-corrected chi connectivity index (χ3v) is 4.41. The highest BCUT2D eigenvalue weighted by Crippen LogP contribution is 2.12. The Balaban J connectivity index is 3.17. The Bertz CT molecular complexity index is 173. The monoisotopic (exact) mass is 297 g/mol. The third kappa shape index (κ3) is 16.2. The predicted molar refractivity (Wildman–Crippen MR) is 98.1 cm³/mol. The smallest absolute Gasteiger partial charge is 0.00187 e. The summed E-state index contributed by atoms with van der Waals surface area (Å²) in [5.74, 6) is 0. The quantitative estimate of drug-likeness (QED) is 0.266. The summed E-state index contributed by atoms with van der Waals surface area (Å²) in [6, 6.07) is 0. The maximum absolute atomic E-state index is 2.65. The van der Waals surface area contributed by atoms with E-state index >= 15 is 0 Å². The van der Waals surface area contributed by atoms with E-state index in [1.807, 2.05) is 0 Å². The van der Waals surface area contributed by atoms with Crippen molar-refractivity contribution in [1.29, 1.82) is 0 Å². The second-order valence-electron chi connectivity index (χ2n) is 6.73. The summed E-state index contributed by atoms with van der Waals surface area (Å²) in [5.41, 5.74) is 0. The summed E-state index contributed by atoms with van der Waals surface area (Å²) in [7, 11) is 0. The van der Waals surface area contributed by atoms with Gasteiger partial charge in [-0.1, -0.05) is 91.4 Å². The Morgan fingerprint density at radius 3 is 1.14 bits per heavy atom. The van der Waals surface area contributed by atoms with Gasteiger partial charge >= 0.3 is 0 Å². The van der Waals surface area contributed by atoms with Crippen LogP contribution in [0.2, 0.25) is 0 Å². The maximum Gasteiger partial charge on any atom is -0.00187 e. The van der Waals surface area contributed by atoms with E-state index in [-0.39, 0.29) is 0 Å².